The number of halogens is 6. The molecule has 0 atom stereocenters. The first-order chi connectivity index (χ1) is 44.4. The Morgan fingerprint density at radius 1 is 0.558 bits per heavy atom. The molecule has 10 rings (SSSR count). The van der Waals surface area contributed by atoms with Gasteiger partial charge in [0.2, 0.25) is 0 Å². The second-order valence-electron chi connectivity index (χ2n) is 28.8. The molecular weight excluding hydrogens is 1240 g/mol. The van der Waals surface area contributed by atoms with Crippen molar-refractivity contribution in [3.8, 4) is 0 Å². The van der Waals surface area contributed by atoms with Gasteiger partial charge in [0.25, 0.3) is 0 Å². The standard InChI is InChI=1S/C35H47F3N6O5.C33H45F3N6O4/c1-22(45)48-21-27-28(44-31(39-27)26(40-33(2,3)4)20-29(41-44)42-15-17-47-18-16-42)19-24-9-8-10-25(35(36,37)38)30(24)23-11-13-43(14-12-23)32(46)49-34(5,6)7;1-31(2,3)38-24-19-27(40-14-16-45-17-15-40)39-42-26(25(20-43)37-29(24)42)18-22-8-7-9-23(33(34,35)36)28(22)21-10-12-41(13-11-21)30(44)46-32(4,5)6/h8-10,20,23,40H,11-19,21H2,1-7H3;7-9,19,21,38,43H,10-18,20H2,1-6H3. The fraction of sp³-hybridized carbons (Fsp3) is 0.603. The minimum atomic E-state index is -4.60. The molecule has 2 amide bonds. The normalized spacial score (nSPS) is 16.8. The molecule has 4 fully saturated rings. The summed E-state index contributed by atoms with van der Waals surface area (Å²) < 4.78 is 118. The number of carbonyl (C=O) groups is 3. The topological polar surface area (TPSA) is 215 Å². The third kappa shape index (κ3) is 18.3. The molecule has 520 valence electrons. The van der Waals surface area contributed by atoms with Crippen LogP contribution in [0.3, 0.4) is 0 Å². The third-order valence-corrected chi connectivity index (χ3v) is 16.6. The summed E-state index contributed by atoms with van der Waals surface area (Å²) in [6, 6.07) is 12.4. The number of imidazole rings is 2. The van der Waals surface area contributed by atoms with E-state index in [0.717, 1.165) is 12.1 Å². The van der Waals surface area contributed by atoms with Gasteiger partial charge in [-0.25, -0.2) is 28.6 Å². The number of morpholine rings is 2. The summed E-state index contributed by atoms with van der Waals surface area (Å²) >= 11 is 0. The van der Waals surface area contributed by atoms with Gasteiger partial charge >= 0.3 is 30.5 Å². The van der Waals surface area contributed by atoms with Crippen molar-refractivity contribution < 1.29 is 69.5 Å². The van der Waals surface area contributed by atoms with Crippen LogP contribution >= 0.6 is 0 Å². The molecule has 21 nitrogen and oxygen atoms in total. The number of benzene rings is 2. The fourth-order valence-electron chi connectivity index (χ4n) is 12.6. The lowest BCUT2D eigenvalue weighted by Gasteiger charge is -2.35. The molecule has 0 radical (unpaired) electrons. The van der Waals surface area contributed by atoms with Crippen molar-refractivity contribution in [2.24, 2.45) is 0 Å². The highest BCUT2D eigenvalue weighted by Gasteiger charge is 2.41. The SMILES string of the molecule is CC(=O)OCc1nc2c(NC(C)(C)C)cc(N3CCOCC3)nn2c1Cc1cccc(C(F)(F)F)c1C1CCN(C(=O)OC(C)(C)C)CC1.CC(C)(C)Nc1cc(N2CCOCC2)nn2c(Cc3cccc(C(F)(F)F)c3C3CCN(C(=O)OC(C)(C)C)CC3)c(CO)nc12. The van der Waals surface area contributed by atoms with Crippen LogP contribution < -0.4 is 20.4 Å². The van der Waals surface area contributed by atoms with Gasteiger partial charge in [-0.15, -0.1) is 10.2 Å². The molecule has 8 heterocycles. The maximum absolute atomic E-state index is 14.7. The quantitative estimate of drug-likeness (QED) is 0.0557. The number of carbonyl (C=O) groups excluding carboxylic acids is 3. The highest BCUT2D eigenvalue weighted by Crippen LogP contribution is 2.44. The molecule has 4 aromatic heterocycles. The van der Waals surface area contributed by atoms with Crippen LogP contribution in [0.2, 0.25) is 0 Å². The highest BCUT2D eigenvalue weighted by molar-refractivity contribution is 5.74. The van der Waals surface area contributed by atoms with E-state index < -0.39 is 71.3 Å². The van der Waals surface area contributed by atoms with Crippen molar-refractivity contribution >= 4 is 52.5 Å². The number of aromatic nitrogens is 6. The Bertz CT molecular complexity index is 3690. The number of anilines is 4. The number of alkyl halides is 6. The Morgan fingerprint density at radius 3 is 1.26 bits per heavy atom. The van der Waals surface area contributed by atoms with Crippen molar-refractivity contribution in [3.05, 3.63) is 105 Å². The number of ether oxygens (including phenoxy) is 5. The van der Waals surface area contributed by atoms with Crippen LogP contribution in [0.1, 0.15) is 184 Å². The van der Waals surface area contributed by atoms with Crippen LogP contribution in [0.15, 0.2) is 48.5 Å². The molecule has 27 heteroatoms. The van der Waals surface area contributed by atoms with Gasteiger partial charge in [-0.05, 0) is 155 Å². The molecule has 0 unspecified atom stereocenters. The third-order valence-electron chi connectivity index (χ3n) is 16.6. The number of aliphatic hydroxyl groups is 1. The first kappa shape index (κ1) is 71.6. The summed E-state index contributed by atoms with van der Waals surface area (Å²) in [5.74, 6) is -0.0473. The number of amides is 2. The van der Waals surface area contributed by atoms with Crippen LogP contribution in [0, 0.1) is 0 Å². The minimum Gasteiger partial charge on any atom is -0.459 e. The van der Waals surface area contributed by atoms with E-state index >= 15 is 0 Å². The molecule has 2 aromatic carbocycles. The van der Waals surface area contributed by atoms with Crippen molar-refractivity contribution in [1.82, 2.24) is 39.0 Å². The van der Waals surface area contributed by atoms with Gasteiger partial charge in [0.15, 0.2) is 22.9 Å². The molecule has 4 aliphatic heterocycles. The fourth-order valence-corrected chi connectivity index (χ4v) is 12.6. The summed E-state index contributed by atoms with van der Waals surface area (Å²) in [6.07, 6.45) is -8.57. The average Bonchev–Trinajstić information content (AvgIpc) is 1.68. The van der Waals surface area contributed by atoms with Gasteiger partial charge in [-0.1, -0.05) is 24.3 Å². The summed E-state index contributed by atoms with van der Waals surface area (Å²) in [6.45, 7) is 29.4. The largest absolute Gasteiger partial charge is 0.459 e. The molecule has 0 aliphatic carbocycles. The van der Waals surface area contributed by atoms with Gasteiger partial charge in [0.05, 0.1) is 72.6 Å². The lowest BCUT2D eigenvalue weighted by Crippen LogP contribution is -2.41. The van der Waals surface area contributed by atoms with Gasteiger partial charge in [-0.3, -0.25) is 4.79 Å². The molecule has 6 aromatic rings. The summed E-state index contributed by atoms with van der Waals surface area (Å²) in [5, 5.41) is 27.3. The molecular formula is C68H92F6N12O9. The van der Waals surface area contributed by atoms with E-state index in [1.165, 1.54) is 19.1 Å². The second-order valence-corrected chi connectivity index (χ2v) is 28.8. The van der Waals surface area contributed by atoms with Crippen LogP contribution in [-0.4, -0.2) is 163 Å². The second kappa shape index (κ2) is 28.6. The molecule has 4 aliphatic rings. The number of piperidine rings is 2. The Balaban J connectivity index is 0.000000224. The number of hydrogen-bond donors (Lipinski definition) is 3. The number of likely N-dealkylation sites (tertiary alicyclic amines) is 2. The van der Waals surface area contributed by atoms with E-state index in [2.05, 4.69) is 20.4 Å². The van der Waals surface area contributed by atoms with Gasteiger partial charge in [-0.2, -0.15) is 26.3 Å². The summed E-state index contributed by atoms with van der Waals surface area (Å²) in [4.78, 5) is 54.3. The van der Waals surface area contributed by atoms with Crippen molar-refractivity contribution in [3.63, 3.8) is 0 Å². The minimum absolute atomic E-state index is 0.0534. The van der Waals surface area contributed by atoms with E-state index in [-0.39, 0.29) is 67.8 Å². The smallest absolute Gasteiger partial charge is 0.416 e. The Hall–Kier alpha value is -7.65. The van der Waals surface area contributed by atoms with E-state index in [0.29, 0.717) is 146 Å². The van der Waals surface area contributed by atoms with Crippen LogP contribution in [-0.2, 0) is 66.9 Å². The van der Waals surface area contributed by atoms with Crippen LogP contribution in [0.4, 0.5) is 58.9 Å². The molecule has 0 saturated carbocycles. The monoisotopic (exact) mass is 1330 g/mol. The Kier molecular flexibility index (Phi) is 21.6. The number of rotatable bonds is 13. The summed E-state index contributed by atoms with van der Waals surface area (Å²) in [7, 11) is 0. The molecule has 4 saturated heterocycles. The van der Waals surface area contributed by atoms with Crippen LogP contribution in [0.25, 0.3) is 11.3 Å². The Labute approximate surface area is 551 Å². The van der Waals surface area contributed by atoms with E-state index in [1.807, 2.05) is 53.7 Å². The number of hydrogen-bond acceptors (Lipinski definition) is 17. The van der Waals surface area contributed by atoms with Crippen LogP contribution in [0.5, 0.6) is 0 Å². The van der Waals surface area contributed by atoms with Gasteiger partial charge in [0.1, 0.15) is 23.5 Å². The number of esters is 1. The highest BCUT2D eigenvalue weighted by atomic mass is 19.4. The zero-order chi connectivity index (χ0) is 69.2. The van der Waals surface area contributed by atoms with E-state index in [9.17, 15) is 45.8 Å². The number of nitrogens with zero attached hydrogens (tertiary/aromatic N) is 10. The summed E-state index contributed by atoms with van der Waals surface area (Å²) in [5.41, 5.74) is 2.15. The first-order valence-electron chi connectivity index (χ1n) is 32.6. The molecule has 0 bridgehead atoms. The number of nitrogens with one attached hydrogen (secondary N) is 2. The predicted octanol–water partition coefficient (Wildman–Crippen LogP) is 12.6. The van der Waals surface area contributed by atoms with E-state index in [1.54, 1.807) is 72.5 Å². The maximum Gasteiger partial charge on any atom is 0.416 e. The Morgan fingerprint density at radius 2 is 0.926 bits per heavy atom. The zero-order valence-electron chi connectivity index (χ0n) is 56.9. The maximum atomic E-state index is 14.7. The number of fused-ring (bicyclic) bond motifs is 2. The lowest BCUT2D eigenvalue weighted by atomic mass is 9.82. The number of aliphatic hydroxyl groups excluding tert-OH is 1. The zero-order valence-corrected chi connectivity index (χ0v) is 56.9. The van der Waals surface area contributed by atoms with E-state index in [4.69, 9.17) is 43.8 Å². The molecule has 95 heavy (non-hydrogen) atoms. The predicted molar refractivity (Wildman–Crippen MR) is 348 cm³/mol. The molecule has 0 spiro atoms. The average molecular weight is 1340 g/mol. The lowest BCUT2D eigenvalue weighted by molar-refractivity contribution is -0.142. The van der Waals surface area contributed by atoms with Gasteiger partial charge in [0, 0.05) is 95.3 Å². The van der Waals surface area contributed by atoms with Crippen molar-refractivity contribution in [1.29, 1.82) is 0 Å². The van der Waals surface area contributed by atoms with Crippen molar-refractivity contribution in [2.45, 2.75) is 188 Å². The first-order valence-corrected chi connectivity index (χ1v) is 32.6. The molecule has 3 N–H and O–H groups in total. The van der Waals surface area contributed by atoms with Gasteiger partial charge < -0.3 is 59.0 Å². The van der Waals surface area contributed by atoms with Crippen molar-refractivity contribution in [2.75, 3.05) is 99.2 Å².